The molecule has 2 atom stereocenters. The minimum atomic E-state index is -4.11. The number of nitrogens with two attached hydrogens (primary N) is 1. The molecule has 0 aromatic heterocycles. The van der Waals surface area contributed by atoms with Crippen LogP contribution >= 0.6 is 0 Å². The Labute approximate surface area is 97.2 Å². The monoisotopic (exact) mass is 259 g/mol. The lowest BCUT2D eigenvalue weighted by atomic mass is 9.95. The van der Waals surface area contributed by atoms with Gasteiger partial charge in [0.05, 0.1) is 13.2 Å². The lowest BCUT2D eigenvalue weighted by Gasteiger charge is -2.27. The minimum absolute atomic E-state index is 0.0453. The van der Waals surface area contributed by atoms with Gasteiger partial charge in [-0.25, -0.2) is 8.78 Å². The van der Waals surface area contributed by atoms with Crippen molar-refractivity contribution >= 4 is 0 Å². The number of rotatable bonds is 6. The average Bonchev–Trinajstić information content (AvgIpc) is 2.29. The molecular weight excluding hydrogens is 242 g/mol. The van der Waals surface area contributed by atoms with Crippen LogP contribution in [0, 0.1) is 5.92 Å². The van der Waals surface area contributed by atoms with Crippen molar-refractivity contribution in [2.45, 2.75) is 31.2 Å². The highest BCUT2D eigenvalue weighted by atomic mass is 19.3. The molecule has 1 heterocycles. The third-order valence-electron chi connectivity index (χ3n) is 2.73. The van der Waals surface area contributed by atoms with Crippen molar-refractivity contribution in [2.24, 2.45) is 11.7 Å². The summed E-state index contributed by atoms with van der Waals surface area (Å²) in [6, 6.07) is -0.455. The predicted octanol–water partition coefficient (Wildman–Crippen LogP) is 1.66. The quantitative estimate of drug-likeness (QED) is 0.738. The second-order valence-electron chi connectivity index (χ2n) is 4.22. The van der Waals surface area contributed by atoms with E-state index in [1.165, 1.54) is 0 Å². The first-order valence-electron chi connectivity index (χ1n) is 5.50. The van der Waals surface area contributed by atoms with E-state index in [1.54, 1.807) is 0 Å². The maximum atomic E-state index is 12.5. The summed E-state index contributed by atoms with van der Waals surface area (Å²) in [6.07, 6.45) is -2.00. The Morgan fingerprint density at radius 2 is 2.12 bits per heavy atom. The van der Waals surface area contributed by atoms with Crippen LogP contribution in [0.5, 0.6) is 0 Å². The molecule has 0 aromatic rings. The molecule has 102 valence electrons. The molecule has 0 spiro atoms. The van der Waals surface area contributed by atoms with Crippen LogP contribution in [0.1, 0.15) is 12.8 Å². The summed E-state index contributed by atoms with van der Waals surface area (Å²) in [6.45, 7) is -0.314. The normalized spacial score (nSPS) is 24.0. The summed E-state index contributed by atoms with van der Waals surface area (Å²) >= 11 is 0. The molecule has 0 bridgehead atoms. The molecule has 7 heteroatoms. The smallest absolute Gasteiger partial charge is 0.330 e. The van der Waals surface area contributed by atoms with Gasteiger partial charge in [-0.1, -0.05) is 0 Å². The van der Waals surface area contributed by atoms with Crippen LogP contribution in [0.3, 0.4) is 0 Å². The number of ether oxygens (including phenoxy) is 2. The van der Waals surface area contributed by atoms with E-state index in [9.17, 15) is 17.6 Å². The molecule has 17 heavy (non-hydrogen) atoms. The van der Waals surface area contributed by atoms with E-state index in [0.717, 1.165) is 12.8 Å². The first-order chi connectivity index (χ1) is 7.93. The Kier molecular flexibility index (Phi) is 5.61. The van der Waals surface area contributed by atoms with Crippen LogP contribution in [0.25, 0.3) is 0 Å². The molecule has 0 amide bonds. The van der Waals surface area contributed by atoms with E-state index in [2.05, 4.69) is 4.74 Å². The van der Waals surface area contributed by atoms with Gasteiger partial charge in [0.2, 0.25) is 0 Å². The molecule has 1 aliphatic heterocycles. The number of halogens is 4. The van der Waals surface area contributed by atoms with Crippen molar-refractivity contribution in [1.29, 1.82) is 0 Å². The van der Waals surface area contributed by atoms with Crippen molar-refractivity contribution in [3.05, 3.63) is 0 Å². The highest BCUT2D eigenvalue weighted by Gasteiger charge is 2.41. The molecule has 1 saturated heterocycles. The standard InChI is InChI=1S/C10H17F4NO2/c11-9(12)10(13,14)6-17-5-8(15)7-2-1-3-16-4-7/h7-9H,1-6,15H2. The predicted molar refractivity (Wildman–Crippen MR) is 53.3 cm³/mol. The Bertz CT molecular complexity index is 222. The zero-order valence-electron chi connectivity index (χ0n) is 9.38. The largest absolute Gasteiger partial charge is 0.381 e. The first-order valence-corrected chi connectivity index (χ1v) is 5.50. The molecule has 0 saturated carbocycles. The van der Waals surface area contributed by atoms with Gasteiger partial charge in [-0.15, -0.1) is 0 Å². The van der Waals surface area contributed by atoms with E-state index >= 15 is 0 Å². The summed E-state index contributed by atoms with van der Waals surface area (Å²) in [5, 5.41) is 0. The van der Waals surface area contributed by atoms with Crippen LogP contribution in [0.4, 0.5) is 17.6 Å². The van der Waals surface area contributed by atoms with E-state index in [-0.39, 0.29) is 12.5 Å². The second kappa shape index (κ2) is 6.51. The molecule has 0 radical (unpaired) electrons. The summed E-state index contributed by atoms with van der Waals surface area (Å²) in [4.78, 5) is 0. The minimum Gasteiger partial charge on any atom is -0.381 e. The zero-order chi connectivity index (χ0) is 12.9. The van der Waals surface area contributed by atoms with Crippen molar-refractivity contribution in [2.75, 3.05) is 26.4 Å². The molecule has 0 aliphatic carbocycles. The molecule has 2 unspecified atom stereocenters. The molecule has 1 fully saturated rings. The van der Waals surface area contributed by atoms with Crippen molar-refractivity contribution in [1.82, 2.24) is 0 Å². The first kappa shape index (κ1) is 14.7. The fourth-order valence-corrected chi connectivity index (χ4v) is 1.63. The average molecular weight is 259 g/mol. The van der Waals surface area contributed by atoms with Crippen LogP contribution in [0.2, 0.25) is 0 Å². The van der Waals surface area contributed by atoms with Crippen molar-refractivity contribution < 1.29 is 27.0 Å². The van der Waals surface area contributed by atoms with Crippen LogP contribution in [0.15, 0.2) is 0 Å². The van der Waals surface area contributed by atoms with E-state index < -0.39 is 25.0 Å². The molecule has 3 nitrogen and oxygen atoms in total. The van der Waals surface area contributed by atoms with Gasteiger partial charge in [-0.3, -0.25) is 0 Å². The molecule has 2 N–H and O–H groups in total. The third-order valence-corrected chi connectivity index (χ3v) is 2.73. The topological polar surface area (TPSA) is 44.5 Å². The van der Waals surface area contributed by atoms with Crippen molar-refractivity contribution in [3.63, 3.8) is 0 Å². The summed E-state index contributed by atoms with van der Waals surface area (Å²) in [5.74, 6) is -4.06. The van der Waals surface area contributed by atoms with Crippen LogP contribution < -0.4 is 5.73 Å². The lowest BCUT2D eigenvalue weighted by molar-refractivity contribution is -0.167. The van der Waals surface area contributed by atoms with E-state index in [1.807, 2.05) is 0 Å². The SMILES string of the molecule is NC(COCC(F)(F)C(F)F)C1CCCOC1. The molecule has 1 rings (SSSR count). The number of hydrogen-bond donors (Lipinski definition) is 1. The molecule has 1 aliphatic rings. The Balaban J connectivity index is 2.21. The third kappa shape index (κ3) is 4.77. The van der Waals surface area contributed by atoms with E-state index in [0.29, 0.717) is 13.2 Å². The summed E-state index contributed by atoms with van der Waals surface area (Å²) < 4.78 is 58.4. The zero-order valence-corrected chi connectivity index (χ0v) is 9.38. The van der Waals surface area contributed by atoms with Gasteiger partial charge in [0.1, 0.15) is 6.61 Å². The van der Waals surface area contributed by atoms with Gasteiger partial charge in [-0.2, -0.15) is 8.78 Å². The highest BCUT2D eigenvalue weighted by Crippen LogP contribution is 2.23. The molecule has 0 aromatic carbocycles. The summed E-state index contributed by atoms with van der Waals surface area (Å²) in [7, 11) is 0. The van der Waals surface area contributed by atoms with Gasteiger partial charge in [0.15, 0.2) is 0 Å². The highest BCUT2D eigenvalue weighted by molar-refractivity contribution is 4.76. The van der Waals surface area contributed by atoms with Gasteiger partial charge in [-0.05, 0) is 18.8 Å². The molecular formula is C10H17F4NO2. The number of hydrogen-bond acceptors (Lipinski definition) is 3. The van der Waals surface area contributed by atoms with Gasteiger partial charge in [0.25, 0.3) is 0 Å². The summed E-state index contributed by atoms with van der Waals surface area (Å²) in [5.41, 5.74) is 5.72. The fraction of sp³-hybridized carbons (Fsp3) is 1.00. The van der Waals surface area contributed by atoms with Crippen LogP contribution in [-0.2, 0) is 9.47 Å². The second-order valence-corrected chi connectivity index (χ2v) is 4.22. The maximum absolute atomic E-state index is 12.5. The Hall–Kier alpha value is -0.400. The Morgan fingerprint density at radius 1 is 1.41 bits per heavy atom. The van der Waals surface area contributed by atoms with Crippen molar-refractivity contribution in [3.8, 4) is 0 Å². The number of alkyl halides is 4. The Morgan fingerprint density at radius 3 is 2.65 bits per heavy atom. The van der Waals surface area contributed by atoms with Gasteiger partial charge >= 0.3 is 12.3 Å². The maximum Gasteiger partial charge on any atom is 0.330 e. The van der Waals surface area contributed by atoms with Gasteiger partial charge in [0, 0.05) is 12.6 Å². The van der Waals surface area contributed by atoms with Crippen LogP contribution in [-0.4, -0.2) is 44.8 Å². The van der Waals surface area contributed by atoms with E-state index in [4.69, 9.17) is 10.5 Å². The fourth-order valence-electron chi connectivity index (χ4n) is 1.63. The lowest BCUT2D eigenvalue weighted by Crippen LogP contribution is -2.41. The van der Waals surface area contributed by atoms with Gasteiger partial charge < -0.3 is 15.2 Å².